The predicted molar refractivity (Wildman–Crippen MR) is 109 cm³/mol. The van der Waals surface area contributed by atoms with Crippen LogP contribution in [0.5, 0.6) is 0 Å². The van der Waals surface area contributed by atoms with E-state index in [2.05, 4.69) is 28.0 Å². The zero-order valence-corrected chi connectivity index (χ0v) is 15.9. The van der Waals surface area contributed by atoms with Crippen LogP contribution in [-0.4, -0.2) is 63.3 Å². The van der Waals surface area contributed by atoms with E-state index in [1.165, 1.54) is 5.56 Å². The van der Waals surface area contributed by atoms with Gasteiger partial charge >= 0.3 is 0 Å². The molecule has 1 amide bonds. The average molecular weight is 365 g/mol. The molecule has 0 saturated carbocycles. The highest BCUT2D eigenvalue weighted by molar-refractivity contribution is 6.08. The molecule has 4 rings (SSSR count). The molecule has 2 aromatic carbocycles. The zero-order chi connectivity index (χ0) is 18.6. The number of hydrogen-bond acceptors (Lipinski definition) is 4. The lowest BCUT2D eigenvalue weighted by Crippen LogP contribution is -2.47. The third-order valence-electron chi connectivity index (χ3n) is 5.44. The summed E-state index contributed by atoms with van der Waals surface area (Å²) in [4.78, 5) is 19.9. The molecular weight excluding hydrogens is 338 g/mol. The van der Waals surface area contributed by atoms with Crippen LogP contribution >= 0.6 is 0 Å². The molecule has 1 fully saturated rings. The van der Waals surface area contributed by atoms with Gasteiger partial charge in [-0.3, -0.25) is 9.69 Å². The first-order valence-electron chi connectivity index (χ1n) is 9.75. The fraction of sp³-hybridized carbons (Fsp3) is 0.409. The summed E-state index contributed by atoms with van der Waals surface area (Å²) in [7, 11) is 0. The number of benzene rings is 2. The van der Waals surface area contributed by atoms with E-state index in [4.69, 9.17) is 4.74 Å². The van der Waals surface area contributed by atoms with Gasteiger partial charge in [0.15, 0.2) is 0 Å². The van der Waals surface area contributed by atoms with Crippen LogP contribution in [0.1, 0.15) is 15.9 Å². The largest absolute Gasteiger partial charge is 0.379 e. The Morgan fingerprint density at radius 1 is 0.889 bits per heavy atom. The summed E-state index contributed by atoms with van der Waals surface area (Å²) in [6, 6.07) is 16.1. The van der Waals surface area contributed by atoms with E-state index in [-0.39, 0.29) is 5.91 Å². The van der Waals surface area contributed by atoms with Gasteiger partial charge in [-0.1, -0.05) is 29.8 Å². The lowest BCUT2D eigenvalue weighted by Gasteiger charge is -2.39. The van der Waals surface area contributed by atoms with Crippen LogP contribution in [-0.2, 0) is 4.74 Å². The molecule has 0 aliphatic carbocycles. The first kappa shape index (κ1) is 18.0. The van der Waals surface area contributed by atoms with Gasteiger partial charge in [-0.2, -0.15) is 0 Å². The quantitative estimate of drug-likeness (QED) is 0.835. The molecule has 0 spiro atoms. The minimum Gasteiger partial charge on any atom is -0.379 e. The average Bonchev–Trinajstić information content (AvgIpc) is 2.73. The van der Waals surface area contributed by atoms with Crippen molar-refractivity contribution < 1.29 is 9.53 Å². The number of carbonyl (C=O) groups excluding carboxylic acids is 1. The van der Waals surface area contributed by atoms with Crippen molar-refractivity contribution in [3.8, 4) is 0 Å². The third-order valence-corrected chi connectivity index (χ3v) is 5.44. The molecule has 0 N–H and O–H groups in total. The molecule has 2 aliphatic heterocycles. The number of amides is 1. The number of carbonyl (C=O) groups is 1. The number of aryl methyl sites for hydroxylation is 1. The molecule has 5 heteroatoms. The molecule has 1 saturated heterocycles. The highest BCUT2D eigenvalue weighted by Gasteiger charge is 2.27. The molecule has 27 heavy (non-hydrogen) atoms. The Kier molecular flexibility index (Phi) is 5.41. The number of nitrogens with zero attached hydrogens (tertiary/aromatic N) is 3. The van der Waals surface area contributed by atoms with Gasteiger partial charge in [0.05, 0.1) is 24.6 Å². The van der Waals surface area contributed by atoms with Crippen LogP contribution in [0.15, 0.2) is 48.5 Å². The molecule has 2 aromatic rings. The topological polar surface area (TPSA) is 36.0 Å². The Bertz CT molecular complexity index is 784. The fourth-order valence-corrected chi connectivity index (χ4v) is 3.80. The Balaban J connectivity index is 1.50. The molecular formula is C22H27N3O2. The van der Waals surface area contributed by atoms with E-state index >= 15 is 0 Å². The number of rotatable bonds is 4. The molecule has 0 unspecified atom stereocenters. The van der Waals surface area contributed by atoms with E-state index < -0.39 is 0 Å². The van der Waals surface area contributed by atoms with Crippen LogP contribution in [0.2, 0.25) is 0 Å². The van der Waals surface area contributed by atoms with Gasteiger partial charge in [-0.25, -0.2) is 0 Å². The van der Waals surface area contributed by atoms with Gasteiger partial charge < -0.3 is 14.5 Å². The molecule has 2 heterocycles. The maximum absolute atomic E-state index is 13.1. The van der Waals surface area contributed by atoms with Gasteiger partial charge in [0.1, 0.15) is 0 Å². The second-order valence-corrected chi connectivity index (χ2v) is 7.25. The Morgan fingerprint density at radius 3 is 2.33 bits per heavy atom. The molecule has 0 aromatic heterocycles. The monoisotopic (exact) mass is 365 g/mol. The molecule has 142 valence electrons. The number of morpholine rings is 1. The summed E-state index contributed by atoms with van der Waals surface area (Å²) in [5.41, 5.74) is 4.07. The predicted octanol–water partition coefficient (Wildman–Crippen LogP) is 2.79. The van der Waals surface area contributed by atoms with E-state index in [1.54, 1.807) is 0 Å². The maximum Gasteiger partial charge on any atom is 0.258 e. The Labute approximate surface area is 161 Å². The fourth-order valence-electron chi connectivity index (χ4n) is 3.80. The first-order valence-corrected chi connectivity index (χ1v) is 9.75. The second-order valence-electron chi connectivity index (χ2n) is 7.25. The lowest BCUT2D eigenvalue weighted by atomic mass is 10.1. The summed E-state index contributed by atoms with van der Waals surface area (Å²) in [5.74, 6) is 0.0790. The van der Waals surface area contributed by atoms with Gasteiger partial charge in [-0.15, -0.1) is 0 Å². The van der Waals surface area contributed by atoms with Gasteiger partial charge in [-0.05, 0) is 31.2 Å². The number of fused-ring (bicyclic) bond motifs is 1. The SMILES string of the molecule is Cc1ccc(C(=O)N2CCN(CCN3CCOCC3)c3ccccc32)cc1. The van der Waals surface area contributed by atoms with Crippen molar-refractivity contribution in [3.63, 3.8) is 0 Å². The van der Waals surface area contributed by atoms with Crippen molar-refractivity contribution in [1.29, 1.82) is 0 Å². The lowest BCUT2D eigenvalue weighted by molar-refractivity contribution is 0.0391. The highest BCUT2D eigenvalue weighted by atomic mass is 16.5. The van der Waals surface area contributed by atoms with E-state index in [0.717, 1.165) is 62.9 Å². The van der Waals surface area contributed by atoms with Crippen molar-refractivity contribution in [1.82, 2.24) is 4.90 Å². The smallest absolute Gasteiger partial charge is 0.258 e. The number of ether oxygens (including phenoxy) is 1. The summed E-state index contributed by atoms with van der Waals surface area (Å²) in [6.07, 6.45) is 0. The van der Waals surface area contributed by atoms with E-state index in [0.29, 0.717) is 6.54 Å². The number of para-hydroxylation sites is 2. The van der Waals surface area contributed by atoms with E-state index in [9.17, 15) is 4.79 Å². The minimum absolute atomic E-state index is 0.0790. The summed E-state index contributed by atoms with van der Waals surface area (Å²) in [5, 5.41) is 0. The van der Waals surface area contributed by atoms with Crippen LogP contribution in [0.3, 0.4) is 0 Å². The first-order chi connectivity index (χ1) is 13.2. The molecule has 2 aliphatic rings. The Morgan fingerprint density at radius 2 is 1.59 bits per heavy atom. The highest BCUT2D eigenvalue weighted by Crippen LogP contribution is 2.33. The summed E-state index contributed by atoms with van der Waals surface area (Å²) >= 11 is 0. The molecule has 0 atom stereocenters. The van der Waals surface area contributed by atoms with Crippen molar-refractivity contribution in [2.75, 3.05) is 62.3 Å². The maximum atomic E-state index is 13.1. The normalized spacial score (nSPS) is 17.7. The number of anilines is 2. The standard InChI is InChI=1S/C22H27N3O2/c1-18-6-8-19(9-7-18)22(26)25-13-12-24(20-4-2-3-5-21(20)25)11-10-23-14-16-27-17-15-23/h2-9H,10-17H2,1H3. The van der Waals surface area contributed by atoms with Crippen LogP contribution in [0, 0.1) is 6.92 Å². The third kappa shape index (κ3) is 3.99. The summed E-state index contributed by atoms with van der Waals surface area (Å²) < 4.78 is 5.44. The Hall–Kier alpha value is -2.37. The van der Waals surface area contributed by atoms with Crippen molar-refractivity contribution >= 4 is 17.3 Å². The van der Waals surface area contributed by atoms with Crippen molar-refractivity contribution in [2.24, 2.45) is 0 Å². The molecule has 5 nitrogen and oxygen atoms in total. The zero-order valence-electron chi connectivity index (χ0n) is 15.9. The molecule has 0 radical (unpaired) electrons. The van der Waals surface area contributed by atoms with E-state index in [1.807, 2.05) is 42.2 Å². The van der Waals surface area contributed by atoms with Gasteiger partial charge in [0.25, 0.3) is 5.91 Å². The van der Waals surface area contributed by atoms with Crippen molar-refractivity contribution in [2.45, 2.75) is 6.92 Å². The minimum atomic E-state index is 0.0790. The number of hydrogen-bond donors (Lipinski definition) is 0. The molecule has 0 bridgehead atoms. The van der Waals surface area contributed by atoms with Crippen LogP contribution in [0.4, 0.5) is 11.4 Å². The van der Waals surface area contributed by atoms with Crippen LogP contribution in [0.25, 0.3) is 0 Å². The van der Waals surface area contributed by atoms with Crippen LogP contribution < -0.4 is 9.80 Å². The van der Waals surface area contributed by atoms with Crippen molar-refractivity contribution in [3.05, 3.63) is 59.7 Å². The summed E-state index contributed by atoms with van der Waals surface area (Å²) in [6.45, 7) is 9.29. The van der Waals surface area contributed by atoms with Gasteiger partial charge in [0, 0.05) is 44.8 Å². The second kappa shape index (κ2) is 8.11. The van der Waals surface area contributed by atoms with Gasteiger partial charge in [0.2, 0.25) is 0 Å².